The van der Waals surface area contributed by atoms with Gasteiger partial charge < -0.3 is 14.7 Å². The number of H-pyrrole nitrogens is 1. The van der Waals surface area contributed by atoms with E-state index in [2.05, 4.69) is 16.5 Å². The molecule has 4 nitrogen and oxygen atoms in total. The van der Waals surface area contributed by atoms with Crippen LogP contribution >= 0.6 is 0 Å². The summed E-state index contributed by atoms with van der Waals surface area (Å²) in [7, 11) is 0. The first-order valence-corrected chi connectivity index (χ1v) is 6.24. The van der Waals surface area contributed by atoms with E-state index in [1.54, 1.807) is 12.1 Å². The minimum atomic E-state index is 0.0502. The van der Waals surface area contributed by atoms with Crippen molar-refractivity contribution in [3.05, 3.63) is 40.4 Å². The molecule has 1 aliphatic heterocycles. The van der Waals surface area contributed by atoms with Crippen LogP contribution in [0.4, 0.5) is 0 Å². The maximum absolute atomic E-state index is 11.2. The van der Waals surface area contributed by atoms with Crippen LogP contribution in [-0.2, 0) is 6.42 Å². The highest BCUT2D eigenvalue weighted by molar-refractivity contribution is 5.39. The molecule has 90 valence electrons. The van der Waals surface area contributed by atoms with Crippen LogP contribution in [0.15, 0.2) is 29.3 Å². The van der Waals surface area contributed by atoms with Gasteiger partial charge in [-0.2, -0.15) is 0 Å². The van der Waals surface area contributed by atoms with Crippen LogP contribution < -0.4 is 10.7 Å². The molecule has 0 saturated carbocycles. The van der Waals surface area contributed by atoms with Crippen LogP contribution in [0.5, 0.6) is 0 Å². The van der Waals surface area contributed by atoms with E-state index in [4.69, 9.17) is 0 Å². The Labute approximate surface area is 99.7 Å². The van der Waals surface area contributed by atoms with Gasteiger partial charge in [0.05, 0.1) is 0 Å². The van der Waals surface area contributed by atoms with Gasteiger partial charge in [0.15, 0.2) is 5.43 Å². The van der Waals surface area contributed by atoms with E-state index < -0.39 is 0 Å². The van der Waals surface area contributed by atoms with Crippen molar-refractivity contribution in [1.82, 2.24) is 14.7 Å². The molecule has 0 aromatic carbocycles. The summed E-state index contributed by atoms with van der Waals surface area (Å²) < 4.78 is 1.97. The SMILES string of the molecule is O=c1ccn2cc(CC3CCCCN3)[nH]c2c1. The fourth-order valence-electron chi connectivity index (χ4n) is 2.54. The molecule has 2 aromatic rings. The normalized spacial score (nSPS) is 20.8. The summed E-state index contributed by atoms with van der Waals surface area (Å²) in [6.45, 7) is 1.13. The molecule has 2 aromatic heterocycles. The molecule has 2 N–H and O–H groups in total. The molecule has 0 aliphatic carbocycles. The van der Waals surface area contributed by atoms with E-state index in [-0.39, 0.29) is 5.43 Å². The number of pyridine rings is 1. The Morgan fingerprint density at radius 1 is 1.41 bits per heavy atom. The molecule has 3 heterocycles. The number of nitrogens with one attached hydrogen (secondary N) is 2. The zero-order valence-electron chi connectivity index (χ0n) is 9.78. The van der Waals surface area contributed by atoms with Gasteiger partial charge in [-0.05, 0) is 19.4 Å². The molecule has 3 rings (SSSR count). The predicted octanol–water partition coefficient (Wildman–Crippen LogP) is 1.31. The van der Waals surface area contributed by atoms with Crippen molar-refractivity contribution in [3.8, 4) is 0 Å². The van der Waals surface area contributed by atoms with Gasteiger partial charge in [0.25, 0.3) is 0 Å². The van der Waals surface area contributed by atoms with Crippen LogP contribution in [0.3, 0.4) is 0 Å². The van der Waals surface area contributed by atoms with Gasteiger partial charge in [0.2, 0.25) is 0 Å². The zero-order chi connectivity index (χ0) is 11.7. The molecule has 0 bridgehead atoms. The summed E-state index contributed by atoms with van der Waals surface area (Å²) in [6, 6.07) is 3.80. The van der Waals surface area contributed by atoms with E-state index in [9.17, 15) is 4.79 Å². The van der Waals surface area contributed by atoms with Crippen molar-refractivity contribution in [2.75, 3.05) is 6.54 Å². The smallest absolute Gasteiger partial charge is 0.183 e. The molecule has 17 heavy (non-hydrogen) atoms. The predicted molar refractivity (Wildman–Crippen MR) is 67.4 cm³/mol. The lowest BCUT2D eigenvalue weighted by Gasteiger charge is -2.22. The molecule has 1 saturated heterocycles. The number of piperidine rings is 1. The lowest BCUT2D eigenvalue weighted by molar-refractivity contribution is 0.397. The highest BCUT2D eigenvalue weighted by atomic mass is 16.1. The Hall–Kier alpha value is -1.55. The first kappa shape index (κ1) is 10.6. The largest absolute Gasteiger partial charge is 0.343 e. The number of rotatable bonds is 2. The number of imidazole rings is 1. The third-order valence-electron chi connectivity index (χ3n) is 3.42. The molecule has 0 radical (unpaired) electrons. The second kappa shape index (κ2) is 4.37. The van der Waals surface area contributed by atoms with Crippen LogP contribution in [-0.4, -0.2) is 22.0 Å². The molecule has 0 amide bonds. The number of hydrogen-bond donors (Lipinski definition) is 2. The van der Waals surface area contributed by atoms with Crippen molar-refractivity contribution in [3.63, 3.8) is 0 Å². The van der Waals surface area contributed by atoms with Crippen LogP contribution in [0, 0.1) is 0 Å². The van der Waals surface area contributed by atoms with E-state index in [1.807, 2.05) is 10.6 Å². The van der Waals surface area contributed by atoms with Crippen molar-refractivity contribution in [2.45, 2.75) is 31.7 Å². The fraction of sp³-hybridized carbons (Fsp3) is 0.462. The topological polar surface area (TPSA) is 49.3 Å². The Morgan fingerprint density at radius 3 is 3.18 bits per heavy atom. The van der Waals surface area contributed by atoms with Gasteiger partial charge in [0, 0.05) is 42.7 Å². The average Bonchev–Trinajstić information content (AvgIpc) is 2.71. The first-order valence-electron chi connectivity index (χ1n) is 6.24. The summed E-state index contributed by atoms with van der Waals surface area (Å²) >= 11 is 0. The Kier molecular flexibility index (Phi) is 2.73. The molecular formula is C13H17N3O. The van der Waals surface area contributed by atoms with Gasteiger partial charge in [-0.15, -0.1) is 0 Å². The number of aromatic amines is 1. The number of aromatic nitrogens is 2. The number of nitrogens with zero attached hydrogens (tertiary/aromatic N) is 1. The third-order valence-corrected chi connectivity index (χ3v) is 3.42. The standard InChI is InChI=1S/C13H17N3O/c17-12-4-6-16-9-11(15-13(16)8-12)7-10-3-1-2-5-14-10/h4,6,8-10,14-15H,1-3,5,7H2. The second-order valence-corrected chi connectivity index (χ2v) is 4.79. The molecule has 1 aliphatic rings. The van der Waals surface area contributed by atoms with Gasteiger partial charge in [-0.25, -0.2) is 0 Å². The van der Waals surface area contributed by atoms with Crippen LogP contribution in [0.25, 0.3) is 5.65 Å². The van der Waals surface area contributed by atoms with Gasteiger partial charge >= 0.3 is 0 Å². The van der Waals surface area contributed by atoms with Gasteiger partial charge in [-0.1, -0.05) is 6.42 Å². The van der Waals surface area contributed by atoms with E-state index in [0.717, 1.165) is 18.6 Å². The Balaban J connectivity index is 1.82. The van der Waals surface area contributed by atoms with E-state index >= 15 is 0 Å². The third kappa shape index (κ3) is 2.26. The molecule has 1 unspecified atom stereocenters. The van der Waals surface area contributed by atoms with E-state index in [1.165, 1.54) is 25.0 Å². The summed E-state index contributed by atoms with van der Waals surface area (Å²) in [6.07, 6.45) is 8.74. The lowest BCUT2D eigenvalue weighted by atomic mass is 10.0. The van der Waals surface area contributed by atoms with Crippen molar-refractivity contribution in [2.24, 2.45) is 0 Å². The number of fused-ring (bicyclic) bond motifs is 1. The highest BCUT2D eigenvalue weighted by Gasteiger charge is 2.13. The average molecular weight is 231 g/mol. The van der Waals surface area contributed by atoms with Crippen molar-refractivity contribution < 1.29 is 0 Å². The molecule has 1 atom stereocenters. The number of hydrogen-bond acceptors (Lipinski definition) is 2. The highest BCUT2D eigenvalue weighted by Crippen LogP contribution is 2.12. The first-order chi connectivity index (χ1) is 8.31. The zero-order valence-corrected chi connectivity index (χ0v) is 9.78. The van der Waals surface area contributed by atoms with Crippen LogP contribution in [0.1, 0.15) is 25.0 Å². The van der Waals surface area contributed by atoms with Crippen molar-refractivity contribution >= 4 is 5.65 Å². The van der Waals surface area contributed by atoms with Gasteiger partial charge in [-0.3, -0.25) is 4.79 Å². The Morgan fingerprint density at radius 2 is 2.35 bits per heavy atom. The van der Waals surface area contributed by atoms with Crippen LogP contribution in [0.2, 0.25) is 0 Å². The van der Waals surface area contributed by atoms with Crippen molar-refractivity contribution in [1.29, 1.82) is 0 Å². The minimum Gasteiger partial charge on any atom is -0.343 e. The monoisotopic (exact) mass is 231 g/mol. The lowest BCUT2D eigenvalue weighted by Crippen LogP contribution is -2.35. The maximum atomic E-state index is 11.2. The summed E-state index contributed by atoms with van der Waals surface area (Å²) in [5, 5.41) is 3.53. The quantitative estimate of drug-likeness (QED) is 0.818. The summed E-state index contributed by atoms with van der Waals surface area (Å²) in [5.41, 5.74) is 2.12. The maximum Gasteiger partial charge on any atom is 0.183 e. The summed E-state index contributed by atoms with van der Waals surface area (Å²) in [5.74, 6) is 0. The molecule has 0 spiro atoms. The van der Waals surface area contributed by atoms with Gasteiger partial charge in [0.1, 0.15) is 5.65 Å². The fourth-order valence-corrected chi connectivity index (χ4v) is 2.54. The minimum absolute atomic E-state index is 0.0502. The molecule has 4 heteroatoms. The van der Waals surface area contributed by atoms with E-state index in [0.29, 0.717) is 6.04 Å². The molecular weight excluding hydrogens is 214 g/mol. The summed E-state index contributed by atoms with van der Waals surface area (Å²) in [4.78, 5) is 14.5. The molecule has 1 fully saturated rings. The Bertz CT molecular complexity index is 563. The second-order valence-electron chi connectivity index (χ2n) is 4.79.